The van der Waals surface area contributed by atoms with Crippen molar-refractivity contribution in [3.8, 4) is 0 Å². The molecule has 2 N–H and O–H groups in total. The highest BCUT2D eigenvalue weighted by molar-refractivity contribution is 4.83. The van der Waals surface area contributed by atoms with Gasteiger partial charge in [-0.3, -0.25) is 4.90 Å². The number of nitrogens with one attached hydrogen (secondary N) is 1. The van der Waals surface area contributed by atoms with E-state index in [1.54, 1.807) is 0 Å². The van der Waals surface area contributed by atoms with E-state index in [0.29, 0.717) is 18.1 Å². The van der Waals surface area contributed by atoms with Crippen molar-refractivity contribution in [3.63, 3.8) is 0 Å². The standard InChI is InChI=1S/C14H30N2O/c1-4-14(2,11-15-3)12-16-9-7-5-6-8-13(16)10-17/h13,15,17H,4-12H2,1-3H3. The van der Waals surface area contributed by atoms with Crippen LogP contribution in [0, 0.1) is 5.41 Å². The van der Waals surface area contributed by atoms with Crippen molar-refractivity contribution in [1.29, 1.82) is 0 Å². The highest BCUT2D eigenvalue weighted by Gasteiger charge is 2.29. The van der Waals surface area contributed by atoms with E-state index in [-0.39, 0.29) is 0 Å². The molecule has 1 heterocycles. The van der Waals surface area contributed by atoms with Gasteiger partial charge in [0.2, 0.25) is 0 Å². The molecule has 0 aliphatic carbocycles. The van der Waals surface area contributed by atoms with Gasteiger partial charge in [-0.15, -0.1) is 0 Å². The van der Waals surface area contributed by atoms with E-state index >= 15 is 0 Å². The molecule has 0 aromatic rings. The Labute approximate surface area is 107 Å². The Kier molecular flexibility index (Phi) is 6.45. The van der Waals surface area contributed by atoms with Gasteiger partial charge in [-0.2, -0.15) is 0 Å². The fourth-order valence-corrected chi connectivity index (χ4v) is 2.86. The smallest absolute Gasteiger partial charge is 0.0586 e. The minimum Gasteiger partial charge on any atom is -0.395 e. The Hall–Kier alpha value is -0.120. The fourth-order valence-electron chi connectivity index (χ4n) is 2.86. The van der Waals surface area contributed by atoms with Gasteiger partial charge < -0.3 is 10.4 Å². The Morgan fingerprint density at radius 1 is 1.35 bits per heavy atom. The van der Waals surface area contributed by atoms with Gasteiger partial charge in [-0.25, -0.2) is 0 Å². The summed E-state index contributed by atoms with van der Waals surface area (Å²) in [5.74, 6) is 0. The van der Waals surface area contributed by atoms with Gasteiger partial charge in [0.05, 0.1) is 6.61 Å². The van der Waals surface area contributed by atoms with E-state index in [4.69, 9.17) is 0 Å². The maximum absolute atomic E-state index is 9.53. The summed E-state index contributed by atoms with van der Waals surface area (Å²) in [5.41, 5.74) is 0.326. The van der Waals surface area contributed by atoms with Crippen LogP contribution in [0.15, 0.2) is 0 Å². The van der Waals surface area contributed by atoms with Crippen LogP contribution in [0.25, 0.3) is 0 Å². The van der Waals surface area contributed by atoms with Gasteiger partial charge in [0.1, 0.15) is 0 Å². The Balaban J connectivity index is 2.61. The van der Waals surface area contributed by atoms with Crippen LogP contribution < -0.4 is 5.32 Å². The zero-order valence-electron chi connectivity index (χ0n) is 11.8. The summed E-state index contributed by atoms with van der Waals surface area (Å²) in [7, 11) is 2.03. The van der Waals surface area contributed by atoms with Crippen LogP contribution in [-0.2, 0) is 0 Å². The molecule has 102 valence electrons. The quantitative estimate of drug-likeness (QED) is 0.746. The minimum atomic E-state index is 0.319. The average molecular weight is 242 g/mol. The first-order valence-electron chi connectivity index (χ1n) is 7.14. The van der Waals surface area contributed by atoms with Crippen LogP contribution in [0.1, 0.15) is 46.0 Å². The Morgan fingerprint density at radius 2 is 2.12 bits per heavy atom. The SMILES string of the molecule is CCC(C)(CNC)CN1CCCCCC1CO. The predicted octanol–water partition coefficient (Wildman–Crippen LogP) is 1.86. The summed E-state index contributed by atoms with van der Waals surface area (Å²) in [6.45, 7) is 8.25. The summed E-state index contributed by atoms with van der Waals surface area (Å²) in [4.78, 5) is 2.52. The molecule has 0 radical (unpaired) electrons. The Morgan fingerprint density at radius 3 is 2.71 bits per heavy atom. The molecule has 3 heteroatoms. The molecule has 2 unspecified atom stereocenters. The summed E-state index contributed by atoms with van der Waals surface area (Å²) >= 11 is 0. The number of aliphatic hydroxyl groups excluding tert-OH is 1. The van der Waals surface area contributed by atoms with Crippen molar-refractivity contribution in [2.45, 2.75) is 52.0 Å². The Bertz CT molecular complexity index is 210. The lowest BCUT2D eigenvalue weighted by atomic mass is 9.86. The van der Waals surface area contributed by atoms with Crippen molar-refractivity contribution >= 4 is 0 Å². The number of hydrogen-bond acceptors (Lipinski definition) is 3. The predicted molar refractivity (Wildman–Crippen MR) is 73.2 cm³/mol. The monoisotopic (exact) mass is 242 g/mol. The number of rotatable bonds is 6. The number of hydrogen-bond donors (Lipinski definition) is 2. The first-order valence-corrected chi connectivity index (χ1v) is 7.14. The molecule has 1 rings (SSSR count). The molecule has 0 aromatic heterocycles. The topological polar surface area (TPSA) is 35.5 Å². The van der Waals surface area contributed by atoms with Gasteiger partial charge in [0, 0.05) is 19.1 Å². The molecule has 0 aromatic carbocycles. The van der Waals surface area contributed by atoms with Crippen LogP contribution in [-0.4, -0.2) is 49.3 Å². The van der Waals surface area contributed by atoms with Gasteiger partial charge in [0.15, 0.2) is 0 Å². The normalized spacial score (nSPS) is 26.5. The molecule has 3 nitrogen and oxygen atoms in total. The zero-order valence-corrected chi connectivity index (χ0v) is 11.8. The molecule has 0 amide bonds. The van der Waals surface area contributed by atoms with E-state index in [1.807, 2.05) is 7.05 Å². The second-order valence-corrected chi connectivity index (χ2v) is 5.85. The maximum Gasteiger partial charge on any atom is 0.0586 e. The van der Waals surface area contributed by atoms with Crippen molar-refractivity contribution in [2.24, 2.45) is 5.41 Å². The molecular weight excluding hydrogens is 212 g/mol. The summed E-state index contributed by atoms with van der Waals surface area (Å²) in [6.07, 6.45) is 6.23. The first-order chi connectivity index (χ1) is 8.15. The number of nitrogens with zero attached hydrogens (tertiary/aromatic N) is 1. The maximum atomic E-state index is 9.53. The summed E-state index contributed by atoms with van der Waals surface area (Å²) in [5, 5.41) is 12.8. The molecule has 17 heavy (non-hydrogen) atoms. The minimum absolute atomic E-state index is 0.319. The molecular formula is C14H30N2O. The highest BCUT2D eigenvalue weighted by atomic mass is 16.3. The van der Waals surface area contributed by atoms with Gasteiger partial charge in [-0.05, 0) is 38.3 Å². The van der Waals surface area contributed by atoms with Gasteiger partial charge in [0.25, 0.3) is 0 Å². The van der Waals surface area contributed by atoms with E-state index in [9.17, 15) is 5.11 Å². The van der Waals surface area contributed by atoms with Crippen LogP contribution in [0.5, 0.6) is 0 Å². The first kappa shape index (κ1) is 14.9. The summed E-state index contributed by atoms with van der Waals surface area (Å²) in [6, 6.07) is 0.389. The lowest BCUT2D eigenvalue weighted by Crippen LogP contribution is -2.46. The zero-order chi connectivity index (χ0) is 12.7. The third-order valence-electron chi connectivity index (χ3n) is 4.25. The van der Waals surface area contributed by atoms with Crippen LogP contribution in [0.4, 0.5) is 0 Å². The van der Waals surface area contributed by atoms with Crippen LogP contribution >= 0.6 is 0 Å². The van der Waals surface area contributed by atoms with Gasteiger partial charge >= 0.3 is 0 Å². The van der Waals surface area contributed by atoms with Crippen molar-refractivity contribution < 1.29 is 5.11 Å². The van der Waals surface area contributed by atoms with E-state index in [1.165, 1.54) is 25.7 Å². The number of likely N-dealkylation sites (tertiary alicyclic amines) is 1. The molecule has 1 aliphatic heterocycles. The van der Waals surface area contributed by atoms with E-state index in [0.717, 1.165) is 26.1 Å². The second kappa shape index (κ2) is 7.34. The van der Waals surface area contributed by atoms with E-state index < -0.39 is 0 Å². The molecule has 1 aliphatic rings. The average Bonchev–Trinajstić information content (AvgIpc) is 2.54. The van der Waals surface area contributed by atoms with Gasteiger partial charge in [-0.1, -0.05) is 26.7 Å². The second-order valence-electron chi connectivity index (χ2n) is 5.85. The number of aliphatic hydroxyl groups is 1. The summed E-state index contributed by atoms with van der Waals surface area (Å²) < 4.78 is 0. The lowest BCUT2D eigenvalue weighted by molar-refractivity contribution is 0.0787. The molecule has 1 saturated heterocycles. The third-order valence-corrected chi connectivity index (χ3v) is 4.25. The molecule has 0 spiro atoms. The van der Waals surface area contributed by atoms with Crippen LogP contribution in [0.2, 0.25) is 0 Å². The van der Waals surface area contributed by atoms with Crippen LogP contribution in [0.3, 0.4) is 0 Å². The molecule has 2 atom stereocenters. The van der Waals surface area contributed by atoms with Crippen molar-refractivity contribution in [3.05, 3.63) is 0 Å². The van der Waals surface area contributed by atoms with Crippen molar-refractivity contribution in [1.82, 2.24) is 10.2 Å². The van der Waals surface area contributed by atoms with Crippen molar-refractivity contribution in [2.75, 3.05) is 33.3 Å². The fraction of sp³-hybridized carbons (Fsp3) is 1.00. The molecule has 1 fully saturated rings. The van der Waals surface area contributed by atoms with E-state index in [2.05, 4.69) is 24.1 Å². The lowest BCUT2D eigenvalue weighted by Gasteiger charge is -2.38. The highest BCUT2D eigenvalue weighted by Crippen LogP contribution is 2.25. The molecule has 0 bridgehead atoms. The largest absolute Gasteiger partial charge is 0.395 e. The third kappa shape index (κ3) is 4.57. The molecule has 0 saturated carbocycles.